The summed E-state index contributed by atoms with van der Waals surface area (Å²) in [4.78, 5) is 25.9. The van der Waals surface area contributed by atoms with E-state index in [0.29, 0.717) is 36.4 Å². The first-order valence-electron chi connectivity index (χ1n) is 7.85. The number of amides is 1. The van der Waals surface area contributed by atoms with E-state index >= 15 is 0 Å². The van der Waals surface area contributed by atoms with E-state index in [2.05, 4.69) is 5.32 Å². The van der Waals surface area contributed by atoms with Gasteiger partial charge in [0.25, 0.3) is 11.6 Å². The zero-order chi connectivity index (χ0) is 16.4. The van der Waals surface area contributed by atoms with Gasteiger partial charge in [-0.1, -0.05) is 11.6 Å². The fourth-order valence-corrected chi connectivity index (χ4v) is 3.05. The van der Waals surface area contributed by atoms with Crippen LogP contribution in [0.4, 0.5) is 11.4 Å². The van der Waals surface area contributed by atoms with Crippen LogP contribution in [0.2, 0.25) is 5.02 Å². The van der Waals surface area contributed by atoms with E-state index in [1.54, 1.807) is 12.1 Å². The lowest BCUT2D eigenvalue weighted by Crippen LogP contribution is -3.16. The normalized spacial score (nSPS) is 18.7. The molecule has 0 bridgehead atoms. The molecule has 2 aliphatic rings. The largest absolute Gasteiger partial charge is 0.355 e. The molecular formula is C15H20ClN4O3+. The second-order valence-electron chi connectivity index (χ2n) is 6.15. The highest BCUT2D eigenvalue weighted by atomic mass is 35.5. The molecule has 23 heavy (non-hydrogen) atoms. The molecule has 1 saturated carbocycles. The van der Waals surface area contributed by atoms with E-state index in [9.17, 15) is 14.9 Å². The molecule has 0 atom stereocenters. The lowest BCUT2D eigenvalue weighted by molar-refractivity contribution is -0.892. The lowest BCUT2D eigenvalue weighted by Gasteiger charge is -2.33. The number of hydrogen-bond donors (Lipinski definition) is 2. The Bertz CT molecular complexity index is 613. The summed E-state index contributed by atoms with van der Waals surface area (Å²) >= 11 is 5.86. The number of rotatable bonds is 5. The second kappa shape index (κ2) is 6.72. The summed E-state index contributed by atoms with van der Waals surface area (Å²) in [7, 11) is 0. The van der Waals surface area contributed by atoms with Gasteiger partial charge in [-0.25, -0.2) is 0 Å². The molecule has 1 aliphatic heterocycles. The Morgan fingerprint density at radius 2 is 2.09 bits per heavy atom. The first kappa shape index (κ1) is 16.0. The topological polar surface area (TPSA) is 79.9 Å². The predicted molar refractivity (Wildman–Crippen MR) is 87.0 cm³/mol. The minimum Gasteiger partial charge on any atom is -0.355 e. The number of hydrogen-bond acceptors (Lipinski definition) is 4. The average Bonchev–Trinajstić information content (AvgIpc) is 3.32. The SMILES string of the molecule is O=C(C[NH+]1CCN(c2ccc(Cl)cc2[N+](=O)[O-])CC1)NC1CC1. The minimum absolute atomic E-state index is 0.0347. The molecule has 0 aromatic heterocycles. The van der Waals surface area contributed by atoms with E-state index in [4.69, 9.17) is 11.6 Å². The number of carbonyl (C=O) groups is 1. The standard InChI is InChI=1S/C15H19ClN4O3/c16-11-1-4-13(14(9-11)20(22)23)19-7-5-18(6-8-19)10-15(21)17-12-2-3-12/h1,4,9,12H,2-3,5-8,10H2,(H,17,21)/p+1. The van der Waals surface area contributed by atoms with Crippen LogP contribution in [0.5, 0.6) is 0 Å². The molecule has 2 fully saturated rings. The molecule has 3 rings (SSSR count). The van der Waals surface area contributed by atoms with Crippen LogP contribution in [0.3, 0.4) is 0 Å². The molecule has 1 aliphatic carbocycles. The van der Waals surface area contributed by atoms with Gasteiger partial charge < -0.3 is 15.1 Å². The quantitative estimate of drug-likeness (QED) is 0.594. The summed E-state index contributed by atoms with van der Waals surface area (Å²) < 4.78 is 0. The molecule has 0 radical (unpaired) electrons. The van der Waals surface area contributed by atoms with Gasteiger partial charge in [-0.05, 0) is 25.0 Å². The van der Waals surface area contributed by atoms with Gasteiger partial charge in [-0.15, -0.1) is 0 Å². The zero-order valence-electron chi connectivity index (χ0n) is 12.8. The third-order valence-corrected chi connectivity index (χ3v) is 4.53. The van der Waals surface area contributed by atoms with Crippen molar-refractivity contribution in [1.29, 1.82) is 0 Å². The number of nitrogens with zero attached hydrogens (tertiary/aromatic N) is 2. The Labute approximate surface area is 139 Å². The van der Waals surface area contributed by atoms with Crippen molar-refractivity contribution in [3.05, 3.63) is 33.3 Å². The number of carbonyl (C=O) groups excluding carboxylic acids is 1. The highest BCUT2D eigenvalue weighted by Gasteiger charge is 2.29. The molecule has 0 spiro atoms. The molecule has 1 saturated heterocycles. The third kappa shape index (κ3) is 4.11. The van der Waals surface area contributed by atoms with Gasteiger partial charge in [0.15, 0.2) is 6.54 Å². The number of nitrogens with one attached hydrogen (secondary N) is 2. The van der Waals surface area contributed by atoms with Crippen molar-refractivity contribution >= 4 is 28.9 Å². The van der Waals surface area contributed by atoms with E-state index in [1.165, 1.54) is 11.0 Å². The van der Waals surface area contributed by atoms with Crippen LogP contribution in [-0.4, -0.2) is 49.6 Å². The van der Waals surface area contributed by atoms with E-state index < -0.39 is 4.92 Å². The maximum absolute atomic E-state index is 11.8. The number of nitro groups is 1. The van der Waals surface area contributed by atoms with Crippen molar-refractivity contribution in [2.45, 2.75) is 18.9 Å². The van der Waals surface area contributed by atoms with Crippen LogP contribution in [-0.2, 0) is 4.79 Å². The summed E-state index contributed by atoms with van der Waals surface area (Å²) in [5, 5.41) is 14.6. The molecule has 0 unspecified atom stereocenters. The fourth-order valence-electron chi connectivity index (χ4n) is 2.88. The van der Waals surface area contributed by atoms with Crippen LogP contribution < -0.4 is 15.1 Å². The highest BCUT2D eigenvalue weighted by molar-refractivity contribution is 6.30. The molecular weight excluding hydrogens is 320 g/mol. The maximum atomic E-state index is 11.8. The molecule has 124 valence electrons. The van der Waals surface area contributed by atoms with Crippen molar-refractivity contribution in [2.75, 3.05) is 37.6 Å². The third-order valence-electron chi connectivity index (χ3n) is 4.30. The van der Waals surface area contributed by atoms with Crippen LogP contribution in [0.1, 0.15) is 12.8 Å². The van der Waals surface area contributed by atoms with Crippen molar-refractivity contribution in [1.82, 2.24) is 5.32 Å². The second-order valence-corrected chi connectivity index (χ2v) is 6.58. The minimum atomic E-state index is -0.399. The zero-order valence-corrected chi connectivity index (χ0v) is 13.5. The summed E-state index contributed by atoms with van der Waals surface area (Å²) in [5.74, 6) is 0.105. The monoisotopic (exact) mass is 339 g/mol. The van der Waals surface area contributed by atoms with Gasteiger partial charge in [0.2, 0.25) is 0 Å². The number of halogens is 1. The van der Waals surface area contributed by atoms with Gasteiger partial charge >= 0.3 is 0 Å². The van der Waals surface area contributed by atoms with Crippen LogP contribution in [0.25, 0.3) is 0 Å². The fraction of sp³-hybridized carbons (Fsp3) is 0.533. The van der Waals surface area contributed by atoms with E-state index in [-0.39, 0.29) is 11.6 Å². The van der Waals surface area contributed by atoms with Crippen LogP contribution in [0, 0.1) is 10.1 Å². The summed E-state index contributed by atoms with van der Waals surface area (Å²) in [6, 6.07) is 5.15. The Balaban J connectivity index is 1.58. The first-order valence-corrected chi connectivity index (χ1v) is 8.22. The summed E-state index contributed by atoms with van der Waals surface area (Å²) in [6.45, 7) is 3.44. The van der Waals surface area contributed by atoms with Gasteiger partial charge in [0.1, 0.15) is 5.69 Å². The van der Waals surface area contributed by atoms with Crippen molar-refractivity contribution in [2.24, 2.45) is 0 Å². The number of quaternary nitrogens is 1. The molecule has 1 amide bonds. The Hall–Kier alpha value is -1.86. The molecule has 1 heterocycles. The van der Waals surface area contributed by atoms with Crippen molar-refractivity contribution in [3.8, 4) is 0 Å². The number of benzene rings is 1. The summed E-state index contributed by atoms with van der Waals surface area (Å²) in [6.07, 6.45) is 2.18. The van der Waals surface area contributed by atoms with E-state index in [1.807, 2.05) is 4.90 Å². The van der Waals surface area contributed by atoms with Crippen molar-refractivity contribution in [3.63, 3.8) is 0 Å². The maximum Gasteiger partial charge on any atom is 0.294 e. The first-order chi connectivity index (χ1) is 11.0. The number of anilines is 1. The Morgan fingerprint density at radius 3 is 2.70 bits per heavy atom. The van der Waals surface area contributed by atoms with Crippen LogP contribution >= 0.6 is 11.6 Å². The molecule has 1 aromatic carbocycles. The Kier molecular flexibility index (Phi) is 4.68. The molecule has 2 N–H and O–H groups in total. The van der Waals surface area contributed by atoms with Gasteiger partial charge in [-0.3, -0.25) is 14.9 Å². The van der Waals surface area contributed by atoms with E-state index in [0.717, 1.165) is 25.9 Å². The smallest absolute Gasteiger partial charge is 0.294 e. The summed E-state index contributed by atoms with van der Waals surface area (Å²) in [5.41, 5.74) is 0.633. The average molecular weight is 340 g/mol. The Morgan fingerprint density at radius 1 is 1.39 bits per heavy atom. The van der Waals surface area contributed by atoms with Crippen LogP contribution in [0.15, 0.2) is 18.2 Å². The van der Waals surface area contributed by atoms with Crippen molar-refractivity contribution < 1.29 is 14.6 Å². The number of piperazine rings is 1. The molecule has 1 aromatic rings. The van der Waals surface area contributed by atoms with Gasteiger partial charge in [0.05, 0.1) is 31.1 Å². The highest BCUT2D eigenvalue weighted by Crippen LogP contribution is 2.30. The molecule has 8 heteroatoms. The predicted octanol–water partition coefficient (Wildman–Crippen LogP) is 0.232. The molecule has 7 nitrogen and oxygen atoms in total. The van der Waals surface area contributed by atoms with Gasteiger partial charge in [0, 0.05) is 17.1 Å². The van der Waals surface area contributed by atoms with Gasteiger partial charge in [-0.2, -0.15) is 0 Å². The number of nitro benzene ring substituents is 1. The lowest BCUT2D eigenvalue weighted by atomic mass is 10.2.